The third kappa shape index (κ3) is 3.88. The van der Waals surface area contributed by atoms with Crippen molar-refractivity contribution in [1.29, 1.82) is 0 Å². The van der Waals surface area contributed by atoms with E-state index in [2.05, 4.69) is 4.98 Å². The van der Waals surface area contributed by atoms with Crippen molar-refractivity contribution in [3.8, 4) is 0 Å². The largest absolute Gasteiger partial charge is 0.332 e. The molecule has 7 heteroatoms. The van der Waals surface area contributed by atoms with E-state index in [0.717, 1.165) is 23.8 Å². The van der Waals surface area contributed by atoms with Crippen molar-refractivity contribution >= 4 is 11.6 Å². The summed E-state index contributed by atoms with van der Waals surface area (Å²) in [5, 5.41) is 10.7. The molecule has 6 nitrogen and oxygen atoms in total. The molecule has 0 N–H and O–H groups in total. The number of pyridine rings is 1. The molecule has 0 radical (unpaired) electrons. The lowest BCUT2D eigenvalue weighted by molar-refractivity contribution is -0.385. The third-order valence-corrected chi connectivity index (χ3v) is 3.35. The minimum absolute atomic E-state index is 0.169. The second kappa shape index (κ2) is 6.95. The maximum atomic E-state index is 14.1. The monoisotopic (exact) mass is 317 g/mol. The van der Waals surface area contributed by atoms with Crippen LogP contribution in [0.15, 0.2) is 42.7 Å². The fourth-order valence-corrected chi connectivity index (χ4v) is 2.12. The van der Waals surface area contributed by atoms with Crippen LogP contribution in [-0.4, -0.2) is 26.8 Å². The molecular weight excluding hydrogens is 301 g/mol. The number of nitro groups is 1. The summed E-state index contributed by atoms with van der Waals surface area (Å²) in [7, 11) is 0. The van der Waals surface area contributed by atoms with Gasteiger partial charge < -0.3 is 4.90 Å². The van der Waals surface area contributed by atoms with E-state index in [4.69, 9.17) is 0 Å². The standard InChI is InChI=1S/C16H16FN3O3/c1-11(2)19(10-12-4-3-7-18-9-12)16(21)14-6-5-13(20(22)23)8-15(14)17/h3-9,11H,10H2,1-2H3. The van der Waals surface area contributed by atoms with Crippen molar-refractivity contribution in [2.24, 2.45) is 0 Å². The number of non-ortho nitro benzene ring substituents is 1. The van der Waals surface area contributed by atoms with Gasteiger partial charge in [0.1, 0.15) is 5.82 Å². The zero-order valence-electron chi connectivity index (χ0n) is 12.8. The molecule has 1 amide bonds. The first-order chi connectivity index (χ1) is 10.9. The van der Waals surface area contributed by atoms with Crippen LogP contribution in [0.1, 0.15) is 29.8 Å². The van der Waals surface area contributed by atoms with Gasteiger partial charge in [-0.1, -0.05) is 6.07 Å². The lowest BCUT2D eigenvalue weighted by Crippen LogP contribution is -2.36. The van der Waals surface area contributed by atoms with Crippen LogP contribution in [0, 0.1) is 15.9 Å². The van der Waals surface area contributed by atoms with Crippen LogP contribution in [0.25, 0.3) is 0 Å². The Bertz CT molecular complexity index is 720. The van der Waals surface area contributed by atoms with E-state index < -0.39 is 16.6 Å². The van der Waals surface area contributed by atoms with Crippen LogP contribution in [0.3, 0.4) is 0 Å². The number of amides is 1. The summed E-state index contributed by atoms with van der Waals surface area (Å²) in [4.78, 5) is 28.0. The van der Waals surface area contributed by atoms with E-state index in [-0.39, 0.29) is 23.8 Å². The molecule has 0 saturated heterocycles. The molecule has 0 bridgehead atoms. The molecule has 1 aromatic heterocycles. The summed E-state index contributed by atoms with van der Waals surface area (Å²) in [6.07, 6.45) is 3.26. The molecule has 1 heterocycles. The second-order valence-electron chi connectivity index (χ2n) is 5.31. The number of aromatic nitrogens is 1. The van der Waals surface area contributed by atoms with Crippen molar-refractivity contribution in [3.63, 3.8) is 0 Å². The van der Waals surface area contributed by atoms with Gasteiger partial charge in [-0.25, -0.2) is 4.39 Å². The molecule has 2 aromatic rings. The highest BCUT2D eigenvalue weighted by Gasteiger charge is 2.23. The summed E-state index contributed by atoms with van der Waals surface area (Å²) in [6, 6.07) is 6.44. The van der Waals surface area contributed by atoms with Gasteiger partial charge in [0.2, 0.25) is 0 Å². The maximum Gasteiger partial charge on any atom is 0.272 e. The number of nitrogens with zero attached hydrogens (tertiary/aromatic N) is 3. The quantitative estimate of drug-likeness (QED) is 0.627. The van der Waals surface area contributed by atoms with E-state index in [1.165, 1.54) is 4.90 Å². The summed E-state index contributed by atoms with van der Waals surface area (Å²) in [5.41, 5.74) is 0.243. The molecule has 120 valence electrons. The van der Waals surface area contributed by atoms with Crippen LogP contribution in [0.4, 0.5) is 10.1 Å². The molecule has 0 fully saturated rings. The Labute approximate surface area is 132 Å². The Balaban J connectivity index is 2.29. The van der Waals surface area contributed by atoms with Crippen LogP contribution >= 0.6 is 0 Å². The Hall–Kier alpha value is -2.83. The zero-order valence-corrected chi connectivity index (χ0v) is 12.8. The highest BCUT2D eigenvalue weighted by atomic mass is 19.1. The summed E-state index contributed by atoms with van der Waals surface area (Å²) in [5.74, 6) is -1.42. The number of nitro benzene ring substituents is 1. The van der Waals surface area contributed by atoms with Gasteiger partial charge in [0, 0.05) is 31.0 Å². The number of carbonyl (C=O) groups is 1. The van der Waals surface area contributed by atoms with Gasteiger partial charge in [0.15, 0.2) is 0 Å². The van der Waals surface area contributed by atoms with Gasteiger partial charge in [-0.3, -0.25) is 19.9 Å². The lowest BCUT2D eigenvalue weighted by Gasteiger charge is -2.27. The van der Waals surface area contributed by atoms with E-state index in [1.807, 2.05) is 19.9 Å². The Kier molecular flexibility index (Phi) is 5.00. The minimum Gasteiger partial charge on any atom is -0.332 e. The first kappa shape index (κ1) is 16.5. The number of benzene rings is 1. The molecule has 0 aliphatic rings. The number of carbonyl (C=O) groups excluding carboxylic acids is 1. The first-order valence-corrected chi connectivity index (χ1v) is 7.04. The van der Waals surface area contributed by atoms with Crippen LogP contribution in [-0.2, 0) is 6.54 Å². The molecule has 2 rings (SSSR count). The molecule has 0 aliphatic carbocycles. The smallest absolute Gasteiger partial charge is 0.272 e. The minimum atomic E-state index is -0.902. The molecule has 0 saturated carbocycles. The number of hydrogen-bond acceptors (Lipinski definition) is 4. The van der Waals surface area contributed by atoms with Crippen molar-refractivity contribution in [1.82, 2.24) is 9.88 Å². The predicted octanol–water partition coefficient (Wildman–Crippen LogP) is 3.18. The van der Waals surface area contributed by atoms with E-state index in [0.29, 0.717) is 0 Å². The molecule has 0 atom stereocenters. The van der Waals surface area contributed by atoms with E-state index in [1.54, 1.807) is 18.5 Å². The Morgan fingerprint density at radius 1 is 1.39 bits per heavy atom. The van der Waals surface area contributed by atoms with Gasteiger partial charge in [0.05, 0.1) is 16.6 Å². The second-order valence-corrected chi connectivity index (χ2v) is 5.31. The first-order valence-electron chi connectivity index (χ1n) is 7.04. The highest BCUT2D eigenvalue weighted by molar-refractivity contribution is 5.94. The Morgan fingerprint density at radius 3 is 2.65 bits per heavy atom. The van der Waals surface area contributed by atoms with E-state index >= 15 is 0 Å². The fraction of sp³-hybridized carbons (Fsp3) is 0.250. The van der Waals surface area contributed by atoms with Gasteiger partial charge in [-0.05, 0) is 31.5 Å². The van der Waals surface area contributed by atoms with Crippen molar-refractivity contribution in [3.05, 3.63) is 69.8 Å². The van der Waals surface area contributed by atoms with Crippen LogP contribution in [0.2, 0.25) is 0 Å². The number of rotatable bonds is 5. The SMILES string of the molecule is CC(C)N(Cc1cccnc1)C(=O)c1ccc([N+](=O)[O-])cc1F. The van der Waals surface area contributed by atoms with Gasteiger partial charge >= 0.3 is 0 Å². The van der Waals surface area contributed by atoms with Crippen LogP contribution < -0.4 is 0 Å². The van der Waals surface area contributed by atoms with E-state index in [9.17, 15) is 19.3 Å². The van der Waals surface area contributed by atoms with Gasteiger partial charge in [-0.15, -0.1) is 0 Å². The average molecular weight is 317 g/mol. The van der Waals surface area contributed by atoms with Gasteiger partial charge in [0.25, 0.3) is 11.6 Å². The molecule has 0 unspecified atom stereocenters. The fourth-order valence-electron chi connectivity index (χ4n) is 2.12. The molecular formula is C16H16FN3O3. The topological polar surface area (TPSA) is 76.3 Å². The lowest BCUT2D eigenvalue weighted by atomic mass is 10.1. The summed E-state index contributed by atoms with van der Waals surface area (Å²) in [6.45, 7) is 3.91. The normalized spacial score (nSPS) is 10.6. The molecule has 1 aromatic carbocycles. The third-order valence-electron chi connectivity index (χ3n) is 3.35. The van der Waals surface area contributed by atoms with Gasteiger partial charge in [-0.2, -0.15) is 0 Å². The van der Waals surface area contributed by atoms with Crippen molar-refractivity contribution in [2.75, 3.05) is 0 Å². The zero-order chi connectivity index (χ0) is 17.0. The molecule has 0 aliphatic heterocycles. The van der Waals surface area contributed by atoms with Crippen LogP contribution in [0.5, 0.6) is 0 Å². The molecule has 0 spiro atoms. The summed E-state index contributed by atoms with van der Waals surface area (Å²) >= 11 is 0. The summed E-state index contributed by atoms with van der Waals surface area (Å²) < 4.78 is 14.1. The highest BCUT2D eigenvalue weighted by Crippen LogP contribution is 2.20. The average Bonchev–Trinajstić information content (AvgIpc) is 2.52. The number of halogens is 1. The predicted molar refractivity (Wildman–Crippen MR) is 82.3 cm³/mol. The van der Waals surface area contributed by atoms with Crippen molar-refractivity contribution < 1.29 is 14.1 Å². The number of hydrogen-bond donors (Lipinski definition) is 0. The van der Waals surface area contributed by atoms with Crippen molar-refractivity contribution in [2.45, 2.75) is 26.4 Å². The molecule has 23 heavy (non-hydrogen) atoms. The maximum absolute atomic E-state index is 14.1. The Morgan fingerprint density at radius 2 is 2.13 bits per heavy atom.